The molecule has 6 nitrogen and oxygen atoms in total. The second-order valence-electron chi connectivity index (χ2n) is 4.27. The Morgan fingerprint density at radius 3 is 2.71 bits per heavy atom. The molecule has 112 valence electrons. The average molecular weight is 308 g/mol. The lowest BCUT2D eigenvalue weighted by molar-refractivity contribution is 0.298. The van der Waals surface area contributed by atoms with E-state index in [0.29, 0.717) is 11.3 Å². The number of aromatic nitrogens is 1. The van der Waals surface area contributed by atoms with E-state index in [2.05, 4.69) is 9.71 Å². The molecule has 21 heavy (non-hydrogen) atoms. The predicted molar refractivity (Wildman–Crippen MR) is 78.8 cm³/mol. The molecule has 1 aromatic carbocycles. The molecule has 2 rings (SSSR count). The number of ether oxygens (including phenoxy) is 1. The zero-order valence-corrected chi connectivity index (χ0v) is 12.3. The van der Waals surface area contributed by atoms with E-state index in [1.54, 1.807) is 30.3 Å². The van der Waals surface area contributed by atoms with Gasteiger partial charge in [-0.25, -0.2) is 13.4 Å². The number of methoxy groups -OCH3 is 1. The number of aliphatic hydroxyl groups excluding tert-OH is 1. The number of pyridine rings is 1. The molecule has 0 radical (unpaired) electrons. The van der Waals surface area contributed by atoms with Crippen molar-refractivity contribution in [3.8, 4) is 5.75 Å². The lowest BCUT2D eigenvalue weighted by atomic mass is 10.1. The standard InChI is InChI=1S/C14H16N2O4S/c1-20-12-5-6-13(11(10-12)7-9-17)21(18,19)16-14-4-2-3-8-15-14/h2-6,8,10,17H,7,9H2,1H3,(H,15,16). The normalized spacial score (nSPS) is 11.1. The minimum atomic E-state index is -3.77. The fraction of sp³-hybridized carbons (Fsp3) is 0.214. The molecule has 0 spiro atoms. The molecular weight excluding hydrogens is 292 g/mol. The number of rotatable bonds is 6. The minimum absolute atomic E-state index is 0.100. The van der Waals surface area contributed by atoms with Gasteiger partial charge in [-0.1, -0.05) is 6.07 Å². The number of anilines is 1. The van der Waals surface area contributed by atoms with Crippen LogP contribution < -0.4 is 9.46 Å². The van der Waals surface area contributed by atoms with Crippen molar-refractivity contribution in [2.45, 2.75) is 11.3 Å². The van der Waals surface area contributed by atoms with Crippen LogP contribution >= 0.6 is 0 Å². The van der Waals surface area contributed by atoms with E-state index in [0.717, 1.165) is 0 Å². The molecule has 0 fully saturated rings. The van der Waals surface area contributed by atoms with Crippen LogP contribution in [0.25, 0.3) is 0 Å². The molecule has 0 saturated heterocycles. The first kappa shape index (κ1) is 15.3. The highest BCUT2D eigenvalue weighted by molar-refractivity contribution is 7.92. The van der Waals surface area contributed by atoms with Gasteiger partial charge < -0.3 is 9.84 Å². The SMILES string of the molecule is COc1ccc(S(=O)(=O)Nc2ccccn2)c(CCO)c1. The second-order valence-corrected chi connectivity index (χ2v) is 5.92. The lowest BCUT2D eigenvalue weighted by Gasteiger charge is -2.12. The third-order valence-corrected chi connectivity index (χ3v) is 4.30. The number of hydrogen-bond acceptors (Lipinski definition) is 5. The van der Waals surface area contributed by atoms with Gasteiger partial charge in [0.1, 0.15) is 11.6 Å². The van der Waals surface area contributed by atoms with Crippen molar-refractivity contribution in [2.24, 2.45) is 0 Å². The molecule has 0 atom stereocenters. The fourth-order valence-corrected chi connectivity index (χ4v) is 3.14. The van der Waals surface area contributed by atoms with Gasteiger partial charge in [-0.3, -0.25) is 4.72 Å². The summed E-state index contributed by atoms with van der Waals surface area (Å²) in [6, 6.07) is 9.56. The number of nitrogens with zero attached hydrogens (tertiary/aromatic N) is 1. The summed E-state index contributed by atoms with van der Waals surface area (Å²) in [4.78, 5) is 4.03. The van der Waals surface area contributed by atoms with E-state index in [4.69, 9.17) is 9.84 Å². The van der Waals surface area contributed by atoms with E-state index < -0.39 is 10.0 Å². The van der Waals surface area contributed by atoms with Gasteiger partial charge in [-0.15, -0.1) is 0 Å². The van der Waals surface area contributed by atoms with Gasteiger partial charge in [0.25, 0.3) is 10.0 Å². The number of hydrogen-bond donors (Lipinski definition) is 2. The predicted octanol–water partition coefficient (Wildman–Crippen LogP) is 1.43. The summed E-state index contributed by atoms with van der Waals surface area (Å²) >= 11 is 0. The highest BCUT2D eigenvalue weighted by Crippen LogP contribution is 2.24. The molecule has 0 aliphatic carbocycles. The topological polar surface area (TPSA) is 88.5 Å². The van der Waals surface area contributed by atoms with Crippen LogP contribution in [0.2, 0.25) is 0 Å². The van der Waals surface area contributed by atoms with E-state index >= 15 is 0 Å². The Hall–Kier alpha value is -2.12. The van der Waals surface area contributed by atoms with E-state index in [1.807, 2.05) is 0 Å². The van der Waals surface area contributed by atoms with Crippen LogP contribution in [0.5, 0.6) is 5.75 Å². The smallest absolute Gasteiger partial charge is 0.263 e. The molecule has 1 aromatic heterocycles. The summed E-state index contributed by atoms with van der Waals surface area (Å²) in [5.74, 6) is 0.776. The van der Waals surface area contributed by atoms with Gasteiger partial charge in [0, 0.05) is 12.8 Å². The molecule has 0 aliphatic rings. The van der Waals surface area contributed by atoms with E-state index in [9.17, 15) is 8.42 Å². The Morgan fingerprint density at radius 1 is 1.29 bits per heavy atom. The highest BCUT2D eigenvalue weighted by Gasteiger charge is 2.19. The van der Waals surface area contributed by atoms with Gasteiger partial charge in [-0.05, 0) is 42.3 Å². The maximum absolute atomic E-state index is 12.4. The molecule has 0 unspecified atom stereocenters. The van der Waals surface area contributed by atoms with Gasteiger partial charge >= 0.3 is 0 Å². The van der Waals surface area contributed by atoms with Crippen molar-refractivity contribution in [3.05, 3.63) is 48.2 Å². The Bertz CT molecular complexity index is 702. The average Bonchev–Trinajstić information content (AvgIpc) is 2.48. The van der Waals surface area contributed by atoms with Crippen LogP contribution in [0.1, 0.15) is 5.56 Å². The monoisotopic (exact) mass is 308 g/mol. The zero-order valence-electron chi connectivity index (χ0n) is 11.5. The van der Waals surface area contributed by atoms with Crippen molar-refractivity contribution in [1.82, 2.24) is 4.98 Å². The van der Waals surface area contributed by atoms with Crippen molar-refractivity contribution in [1.29, 1.82) is 0 Å². The number of aliphatic hydroxyl groups is 1. The van der Waals surface area contributed by atoms with Crippen molar-refractivity contribution in [3.63, 3.8) is 0 Å². The van der Waals surface area contributed by atoms with Crippen LogP contribution in [-0.2, 0) is 16.4 Å². The first-order valence-electron chi connectivity index (χ1n) is 6.28. The maximum atomic E-state index is 12.4. The summed E-state index contributed by atoms with van der Waals surface area (Å²) in [6.45, 7) is -0.153. The van der Waals surface area contributed by atoms with E-state index in [-0.39, 0.29) is 23.7 Å². The molecule has 0 saturated carbocycles. The first-order valence-corrected chi connectivity index (χ1v) is 7.77. The van der Waals surface area contributed by atoms with Gasteiger partial charge in [-0.2, -0.15) is 0 Å². The van der Waals surface area contributed by atoms with Crippen molar-refractivity contribution < 1.29 is 18.3 Å². The van der Waals surface area contributed by atoms with E-state index in [1.165, 1.54) is 19.4 Å². The minimum Gasteiger partial charge on any atom is -0.497 e. The van der Waals surface area contributed by atoms with Crippen LogP contribution in [0.3, 0.4) is 0 Å². The Kier molecular flexibility index (Phi) is 4.77. The van der Waals surface area contributed by atoms with Gasteiger partial charge in [0.15, 0.2) is 0 Å². The van der Waals surface area contributed by atoms with Crippen LogP contribution in [0.4, 0.5) is 5.82 Å². The van der Waals surface area contributed by atoms with Crippen LogP contribution in [-0.4, -0.2) is 32.2 Å². The Morgan fingerprint density at radius 2 is 2.10 bits per heavy atom. The molecule has 2 N–H and O–H groups in total. The number of nitrogens with one attached hydrogen (secondary N) is 1. The Labute approximate surface area is 123 Å². The Balaban J connectivity index is 2.39. The highest BCUT2D eigenvalue weighted by atomic mass is 32.2. The van der Waals surface area contributed by atoms with Crippen molar-refractivity contribution >= 4 is 15.8 Å². The zero-order chi connectivity index (χ0) is 15.3. The summed E-state index contributed by atoms with van der Waals surface area (Å²) < 4.78 is 32.3. The molecule has 0 bridgehead atoms. The molecule has 0 amide bonds. The lowest BCUT2D eigenvalue weighted by Crippen LogP contribution is -2.16. The van der Waals surface area contributed by atoms with Gasteiger partial charge in [0.05, 0.1) is 12.0 Å². The largest absolute Gasteiger partial charge is 0.497 e. The number of sulfonamides is 1. The number of benzene rings is 1. The first-order chi connectivity index (χ1) is 10.1. The van der Waals surface area contributed by atoms with Crippen LogP contribution in [0.15, 0.2) is 47.5 Å². The third-order valence-electron chi connectivity index (χ3n) is 2.84. The fourth-order valence-electron chi connectivity index (χ4n) is 1.88. The summed E-state index contributed by atoms with van der Waals surface area (Å²) in [5, 5.41) is 9.09. The van der Waals surface area contributed by atoms with Crippen LogP contribution in [0, 0.1) is 0 Å². The maximum Gasteiger partial charge on any atom is 0.263 e. The summed E-state index contributed by atoms with van der Waals surface area (Å²) in [6.07, 6.45) is 1.72. The van der Waals surface area contributed by atoms with Gasteiger partial charge in [0.2, 0.25) is 0 Å². The summed E-state index contributed by atoms with van der Waals surface area (Å²) in [7, 11) is -2.27. The summed E-state index contributed by atoms with van der Waals surface area (Å²) in [5.41, 5.74) is 0.486. The molecule has 7 heteroatoms. The second kappa shape index (κ2) is 6.55. The molecule has 1 heterocycles. The molecule has 0 aliphatic heterocycles. The molecule has 2 aromatic rings. The third kappa shape index (κ3) is 3.71. The molecular formula is C14H16N2O4S. The quantitative estimate of drug-likeness (QED) is 0.842. The van der Waals surface area contributed by atoms with Crippen molar-refractivity contribution in [2.75, 3.05) is 18.4 Å².